The van der Waals surface area contributed by atoms with Crippen molar-refractivity contribution in [2.75, 3.05) is 6.54 Å². The van der Waals surface area contributed by atoms with E-state index in [0.717, 1.165) is 19.4 Å². The second-order valence-corrected chi connectivity index (χ2v) is 2.87. The van der Waals surface area contributed by atoms with E-state index in [9.17, 15) is 0 Å². The van der Waals surface area contributed by atoms with E-state index in [1.807, 2.05) is 5.01 Å². The number of hydrazine groups is 1. The average Bonchev–Trinajstić information content (AvgIpc) is 1.80. The van der Waals surface area contributed by atoms with Crippen LogP contribution in [-0.2, 0) is 0 Å². The summed E-state index contributed by atoms with van der Waals surface area (Å²) in [6.45, 7) is 3.06. The van der Waals surface area contributed by atoms with Gasteiger partial charge in [0.15, 0.2) is 0 Å². The summed E-state index contributed by atoms with van der Waals surface area (Å²) in [5, 5.41) is 1.86. The number of hydrogen-bond acceptors (Lipinski definition) is 3. The summed E-state index contributed by atoms with van der Waals surface area (Å²) in [7, 11) is 0. The molecule has 3 heteroatoms. The number of nitrogens with zero attached hydrogens (tertiary/aromatic N) is 1. The third kappa shape index (κ3) is 1.64. The Morgan fingerprint density at radius 1 is 1.56 bits per heavy atom. The van der Waals surface area contributed by atoms with Crippen molar-refractivity contribution < 1.29 is 0 Å². The van der Waals surface area contributed by atoms with Crippen LogP contribution in [0.15, 0.2) is 0 Å². The van der Waals surface area contributed by atoms with Gasteiger partial charge in [0.2, 0.25) is 0 Å². The summed E-state index contributed by atoms with van der Waals surface area (Å²) < 4.78 is 0. The Kier molecular flexibility index (Phi) is 2.05. The van der Waals surface area contributed by atoms with Crippen LogP contribution in [0.25, 0.3) is 0 Å². The summed E-state index contributed by atoms with van der Waals surface area (Å²) in [5.41, 5.74) is 5.71. The van der Waals surface area contributed by atoms with Crippen molar-refractivity contribution in [3.8, 4) is 0 Å². The van der Waals surface area contributed by atoms with Crippen LogP contribution in [0, 0.1) is 0 Å². The lowest BCUT2D eigenvalue weighted by Gasteiger charge is -2.32. The van der Waals surface area contributed by atoms with Crippen molar-refractivity contribution in [1.29, 1.82) is 0 Å². The molecule has 0 saturated carbocycles. The molecule has 54 valence electrons. The lowest BCUT2D eigenvalue weighted by molar-refractivity contribution is 0.150. The van der Waals surface area contributed by atoms with Gasteiger partial charge in [-0.15, -0.1) is 0 Å². The largest absolute Gasteiger partial charge is 0.328 e. The fraction of sp³-hybridized carbons (Fsp3) is 1.00. The van der Waals surface area contributed by atoms with Crippen molar-refractivity contribution in [3.63, 3.8) is 0 Å². The van der Waals surface area contributed by atoms with Crippen molar-refractivity contribution in [1.82, 2.24) is 5.01 Å². The van der Waals surface area contributed by atoms with Gasteiger partial charge in [-0.05, 0) is 19.8 Å². The molecule has 0 aromatic carbocycles. The van der Waals surface area contributed by atoms with E-state index < -0.39 is 0 Å². The average molecular weight is 129 g/mol. The molecule has 0 aliphatic carbocycles. The van der Waals surface area contributed by atoms with Crippen LogP contribution in [0.1, 0.15) is 19.8 Å². The van der Waals surface area contributed by atoms with Gasteiger partial charge in [0.05, 0.1) is 0 Å². The molecule has 0 aromatic rings. The zero-order chi connectivity index (χ0) is 6.85. The van der Waals surface area contributed by atoms with Crippen LogP contribution in [0.3, 0.4) is 0 Å². The number of rotatable bonds is 0. The maximum absolute atomic E-state index is 5.71. The molecule has 1 aliphatic rings. The molecule has 3 nitrogen and oxygen atoms in total. The molecule has 0 radical (unpaired) electrons. The highest BCUT2D eigenvalue weighted by atomic mass is 15.4. The molecular formula is C6H15N3. The predicted octanol–water partition coefficient (Wildman–Crippen LogP) is -0.328. The highest BCUT2D eigenvalue weighted by Crippen LogP contribution is 2.11. The molecule has 1 saturated heterocycles. The number of nitrogens with two attached hydrogens (primary N) is 2. The second-order valence-electron chi connectivity index (χ2n) is 2.87. The fourth-order valence-electron chi connectivity index (χ4n) is 1.23. The van der Waals surface area contributed by atoms with Crippen LogP contribution < -0.4 is 11.6 Å². The molecule has 0 bridgehead atoms. The Morgan fingerprint density at radius 3 is 2.67 bits per heavy atom. The first-order chi connectivity index (χ1) is 4.20. The minimum atomic E-state index is 0.375. The van der Waals surface area contributed by atoms with E-state index in [2.05, 4.69) is 6.92 Å². The van der Waals surface area contributed by atoms with Gasteiger partial charge in [-0.1, -0.05) is 0 Å². The van der Waals surface area contributed by atoms with Crippen LogP contribution >= 0.6 is 0 Å². The first-order valence-corrected chi connectivity index (χ1v) is 3.47. The minimum absolute atomic E-state index is 0.375. The first kappa shape index (κ1) is 6.99. The Morgan fingerprint density at radius 2 is 2.22 bits per heavy atom. The zero-order valence-corrected chi connectivity index (χ0v) is 5.88. The molecule has 4 N–H and O–H groups in total. The van der Waals surface area contributed by atoms with Gasteiger partial charge in [0, 0.05) is 18.6 Å². The van der Waals surface area contributed by atoms with E-state index in [1.54, 1.807) is 0 Å². The number of piperidine rings is 1. The molecular weight excluding hydrogens is 114 g/mol. The monoisotopic (exact) mass is 129 g/mol. The molecule has 0 amide bonds. The van der Waals surface area contributed by atoms with Crippen molar-refractivity contribution in [3.05, 3.63) is 0 Å². The third-order valence-corrected chi connectivity index (χ3v) is 1.97. The van der Waals surface area contributed by atoms with Crippen LogP contribution in [0.4, 0.5) is 0 Å². The van der Waals surface area contributed by atoms with Crippen molar-refractivity contribution in [2.24, 2.45) is 11.6 Å². The maximum atomic E-state index is 5.71. The first-order valence-electron chi connectivity index (χ1n) is 3.47. The fourth-order valence-corrected chi connectivity index (χ4v) is 1.23. The van der Waals surface area contributed by atoms with E-state index in [-0.39, 0.29) is 0 Å². The van der Waals surface area contributed by atoms with Crippen LogP contribution in [0.2, 0.25) is 0 Å². The molecule has 0 aromatic heterocycles. The van der Waals surface area contributed by atoms with E-state index in [4.69, 9.17) is 11.6 Å². The van der Waals surface area contributed by atoms with Gasteiger partial charge in [-0.25, -0.2) is 5.01 Å². The zero-order valence-electron chi connectivity index (χ0n) is 5.88. The Balaban J connectivity index is 2.35. The van der Waals surface area contributed by atoms with E-state index in [1.165, 1.54) is 0 Å². The quantitative estimate of drug-likeness (QED) is 0.440. The molecule has 1 heterocycles. The Bertz CT molecular complexity index is 94.3. The van der Waals surface area contributed by atoms with Gasteiger partial charge < -0.3 is 5.73 Å². The van der Waals surface area contributed by atoms with E-state index >= 15 is 0 Å². The Labute approximate surface area is 56.0 Å². The van der Waals surface area contributed by atoms with Gasteiger partial charge in [0.25, 0.3) is 0 Å². The topological polar surface area (TPSA) is 55.3 Å². The lowest BCUT2D eigenvalue weighted by atomic mass is 10.0. The Hall–Kier alpha value is -0.120. The van der Waals surface area contributed by atoms with Crippen molar-refractivity contribution >= 4 is 0 Å². The molecule has 1 rings (SSSR count). The normalized spacial score (nSPS) is 39.0. The molecule has 2 unspecified atom stereocenters. The summed E-state index contributed by atoms with van der Waals surface area (Å²) in [4.78, 5) is 0. The van der Waals surface area contributed by atoms with Gasteiger partial charge in [-0.3, -0.25) is 5.84 Å². The summed E-state index contributed by atoms with van der Waals surface area (Å²) in [6, 6.07) is 0.841. The SMILES string of the molecule is CC1CC(N)CCN1N. The summed E-state index contributed by atoms with van der Waals surface area (Å²) in [5.74, 6) is 5.62. The van der Waals surface area contributed by atoms with Gasteiger partial charge >= 0.3 is 0 Å². The van der Waals surface area contributed by atoms with E-state index in [0.29, 0.717) is 12.1 Å². The van der Waals surface area contributed by atoms with Crippen LogP contribution in [-0.4, -0.2) is 23.6 Å². The standard InChI is InChI=1S/C6H15N3/c1-5-4-6(7)2-3-9(5)8/h5-6H,2-4,7-8H2,1H3. The van der Waals surface area contributed by atoms with Crippen molar-refractivity contribution in [2.45, 2.75) is 31.8 Å². The second kappa shape index (κ2) is 2.64. The highest BCUT2D eigenvalue weighted by molar-refractivity contribution is 4.77. The van der Waals surface area contributed by atoms with Gasteiger partial charge in [-0.2, -0.15) is 0 Å². The summed E-state index contributed by atoms with van der Waals surface area (Å²) >= 11 is 0. The molecule has 1 fully saturated rings. The highest BCUT2D eigenvalue weighted by Gasteiger charge is 2.19. The molecule has 9 heavy (non-hydrogen) atoms. The number of hydrogen-bond donors (Lipinski definition) is 2. The molecule has 0 spiro atoms. The smallest absolute Gasteiger partial charge is 0.0227 e. The van der Waals surface area contributed by atoms with Gasteiger partial charge in [0.1, 0.15) is 0 Å². The summed E-state index contributed by atoms with van der Waals surface area (Å²) in [6.07, 6.45) is 2.08. The minimum Gasteiger partial charge on any atom is -0.328 e. The molecule has 2 atom stereocenters. The lowest BCUT2D eigenvalue weighted by Crippen LogP contribution is -2.49. The van der Waals surface area contributed by atoms with Crippen LogP contribution in [0.5, 0.6) is 0 Å². The molecule has 1 aliphatic heterocycles. The third-order valence-electron chi connectivity index (χ3n) is 1.97. The predicted molar refractivity (Wildman–Crippen MR) is 37.6 cm³/mol. The maximum Gasteiger partial charge on any atom is 0.0227 e.